The summed E-state index contributed by atoms with van der Waals surface area (Å²) in [7, 11) is 0. The van der Waals surface area contributed by atoms with Crippen LogP contribution in [0.25, 0.3) is 0 Å². The third-order valence-corrected chi connectivity index (χ3v) is 2.69. The predicted octanol–water partition coefficient (Wildman–Crippen LogP) is 2.33. The van der Waals surface area contributed by atoms with Crippen molar-refractivity contribution in [1.29, 1.82) is 0 Å². The standard InChI is InChI=1S/C12H21N3/c1-9(2)4-5-12(15-13)11-8-14-7-6-10(11)3/h6-9,12,15H,4-5,13H2,1-3H3. The second-order valence-corrected chi connectivity index (χ2v) is 4.42. The molecule has 15 heavy (non-hydrogen) atoms. The highest BCUT2D eigenvalue weighted by molar-refractivity contribution is 5.24. The number of nitrogens with zero attached hydrogens (tertiary/aromatic N) is 1. The van der Waals surface area contributed by atoms with Gasteiger partial charge in [0, 0.05) is 18.4 Å². The van der Waals surface area contributed by atoms with E-state index in [1.165, 1.54) is 17.5 Å². The van der Waals surface area contributed by atoms with Gasteiger partial charge < -0.3 is 0 Å². The normalized spacial score (nSPS) is 13.1. The molecule has 0 aliphatic rings. The van der Waals surface area contributed by atoms with Gasteiger partial charge in [0.05, 0.1) is 0 Å². The van der Waals surface area contributed by atoms with Gasteiger partial charge in [0.1, 0.15) is 0 Å². The Balaban J connectivity index is 2.70. The van der Waals surface area contributed by atoms with Gasteiger partial charge in [-0.25, -0.2) is 0 Å². The average Bonchev–Trinajstić information content (AvgIpc) is 2.21. The molecule has 0 amide bonds. The molecule has 0 fully saturated rings. The van der Waals surface area contributed by atoms with Crippen LogP contribution in [0.3, 0.4) is 0 Å². The molecule has 3 heteroatoms. The molecule has 3 N–H and O–H groups in total. The average molecular weight is 207 g/mol. The zero-order valence-corrected chi connectivity index (χ0v) is 9.83. The number of aromatic nitrogens is 1. The molecule has 0 radical (unpaired) electrons. The summed E-state index contributed by atoms with van der Waals surface area (Å²) in [6.07, 6.45) is 5.94. The van der Waals surface area contributed by atoms with Crippen molar-refractivity contribution in [3.05, 3.63) is 29.6 Å². The highest BCUT2D eigenvalue weighted by atomic mass is 15.2. The van der Waals surface area contributed by atoms with E-state index in [0.717, 1.165) is 6.42 Å². The van der Waals surface area contributed by atoms with Crippen molar-refractivity contribution in [1.82, 2.24) is 10.4 Å². The van der Waals surface area contributed by atoms with E-state index in [0.29, 0.717) is 5.92 Å². The first-order valence-corrected chi connectivity index (χ1v) is 5.51. The highest BCUT2D eigenvalue weighted by Crippen LogP contribution is 2.22. The first-order chi connectivity index (χ1) is 7.15. The molecule has 84 valence electrons. The van der Waals surface area contributed by atoms with Crippen LogP contribution in [0.5, 0.6) is 0 Å². The molecule has 1 atom stereocenters. The van der Waals surface area contributed by atoms with E-state index in [4.69, 9.17) is 5.84 Å². The Morgan fingerprint density at radius 1 is 1.40 bits per heavy atom. The van der Waals surface area contributed by atoms with Gasteiger partial charge in [0.2, 0.25) is 0 Å². The summed E-state index contributed by atoms with van der Waals surface area (Å²) in [5.74, 6) is 6.29. The second-order valence-electron chi connectivity index (χ2n) is 4.42. The van der Waals surface area contributed by atoms with Crippen LogP contribution in [0.1, 0.15) is 43.9 Å². The maximum Gasteiger partial charge on any atom is 0.0477 e. The molecule has 0 saturated carbocycles. The molecule has 0 spiro atoms. The Hall–Kier alpha value is -0.930. The van der Waals surface area contributed by atoms with Gasteiger partial charge in [0.15, 0.2) is 0 Å². The lowest BCUT2D eigenvalue weighted by atomic mass is 9.97. The van der Waals surface area contributed by atoms with Gasteiger partial charge in [-0.3, -0.25) is 16.3 Å². The van der Waals surface area contributed by atoms with Crippen LogP contribution in [0.4, 0.5) is 0 Å². The molecule has 3 nitrogen and oxygen atoms in total. The molecule has 0 saturated heterocycles. The van der Waals surface area contributed by atoms with Crippen molar-refractivity contribution in [3.8, 4) is 0 Å². The number of hydrogen-bond donors (Lipinski definition) is 2. The van der Waals surface area contributed by atoms with Gasteiger partial charge in [-0.15, -0.1) is 0 Å². The van der Waals surface area contributed by atoms with Gasteiger partial charge in [-0.2, -0.15) is 0 Å². The quantitative estimate of drug-likeness (QED) is 0.575. The monoisotopic (exact) mass is 207 g/mol. The highest BCUT2D eigenvalue weighted by Gasteiger charge is 2.12. The Bertz CT molecular complexity index is 297. The molecule has 1 aromatic heterocycles. The van der Waals surface area contributed by atoms with Crippen molar-refractivity contribution in [3.63, 3.8) is 0 Å². The lowest BCUT2D eigenvalue weighted by molar-refractivity contribution is 0.446. The summed E-state index contributed by atoms with van der Waals surface area (Å²) in [6, 6.07) is 2.25. The first kappa shape index (κ1) is 12.1. The Kier molecular flexibility index (Phi) is 4.72. The second kappa shape index (κ2) is 5.83. The van der Waals surface area contributed by atoms with Crippen molar-refractivity contribution in [2.24, 2.45) is 11.8 Å². The van der Waals surface area contributed by atoms with Crippen LogP contribution >= 0.6 is 0 Å². The molecular weight excluding hydrogens is 186 g/mol. The van der Waals surface area contributed by atoms with E-state index < -0.39 is 0 Å². The van der Waals surface area contributed by atoms with Gasteiger partial charge in [-0.1, -0.05) is 13.8 Å². The Morgan fingerprint density at radius 3 is 2.67 bits per heavy atom. The van der Waals surface area contributed by atoms with E-state index in [2.05, 4.69) is 31.2 Å². The molecule has 1 rings (SSSR count). The van der Waals surface area contributed by atoms with Crippen molar-refractivity contribution in [2.45, 2.75) is 39.7 Å². The van der Waals surface area contributed by atoms with Crippen LogP contribution in [-0.2, 0) is 0 Å². The third-order valence-electron chi connectivity index (χ3n) is 2.69. The van der Waals surface area contributed by atoms with Crippen molar-refractivity contribution >= 4 is 0 Å². The van der Waals surface area contributed by atoms with Crippen LogP contribution < -0.4 is 11.3 Å². The number of hydrazine groups is 1. The maximum absolute atomic E-state index is 5.58. The van der Waals surface area contributed by atoms with Crippen LogP contribution in [0.2, 0.25) is 0 Å². The van der Waals surface area contributed by atoms with E-state index >= 15 is 0 Å². The zero-order chi connectivity index (χ0) is 11.3. The van der Waals surface area contributed by atoms with E-state index in [1.54, 1.807) is 0 Å². The lowest BCUT2D eigenvalue weighted by Gasteiger charge is -2.18. The lowest BCUT2D eigenvalue weighted by Crippen LogP contribution is -2.28. The number of hydrogen-bond acceptors (Lipinski definition) is 3. The Morgan fingerprint density at radius 2 is 2.13 bits per heavy atom. The smallest absolute Gasteiger partial charge is 0.0477 e. The SMILES string of the molecule is Cc1ccncc1C(CCC(C)C)NN. The summed E-state index contributed by atoms with van der Waals surface area (Å²) in [4.78, 5) is 4.15. The van der Waals surface area contributed by atoms with Crippen LogP contribution in [-0.4, -0.2) is 4.98 Å². The summed E-state index contributed by atoms with van der Waals surface area (Å²) < 4.78 is 0. The fraction of sp³-hybridized carbons (Fsp3) is 0.583. The number of nitrogens with one attached hydrogen (secondary N) is 1. The predicted molar refractivity (Wildman–Crippen MR) is 63.1 cm³/mol. The number of pyridine rings is 1. The third kappa shape index (κ3) is 3.61. The van der Waals surface area contributed by atoms with E-state index in [-0.39, 0.29) is 6.04 Å². The minimum absolute atomic E-state index is 0.223. The van der Waals surface area contributed by atoms with E-state index in [9.17, 15) is 0 Å². The number of aryl methyl sites for hydroxylation is 1. The molecule has 1 unspecified atom stereocenters. The number of nitrogens with two attached hydrogens (primary N) is 1. The molecule has 1 heterocycles. The summed E-state index contributed by atoms with van der Waals surface area (Å²) in [6.45, 7) is 6.55. The topological polar surface area (TPSA) is 50.9 Å². The number of rotatable bonds is 5. The fourth-order valence-electron chi connectivity index (χ4n) is 1.67. The molecule has 0 aromatic carbocycles. The van der Waals surface area contributed by atoms with Gasteiger partial charge in [-0.05, 0) is 42.9 Å². The molecule has 0 bridgehead atoms. The zero-order valence-electron chi connectivity index (χ0n) is 9.83. The van der Waals surface area contributed by atoms with Crippen molar-refractivity contribution < 1.29 is 0 Å². The molecule has 0 aliphatic carbocycles. The summed E-state index contributed by atoms with van der Waals surface area (Å²) >= 11 is 0. The summed E-state index contributed by atoms with van der Waals surface area (Å²) in [5.41, 5.74) is 5.33. The van der Waals surface area contributed by atoms with Crippen molar-refractivity contribution in [2.75, 3.05) is 0 Å². The van der Waals surface area contributed by atoms with Crippen LogP contribution in [0.15, 0.2) is 18.5 Å². The first-order valence-electron chi connectivity index (χ1n) is 5.51. The van der Waals surface area contributed by atoms with Gasteiger partial charge in [0.25, 0.3) is 0 Å². The minimum atomic E-state index is 0.223. The van der Waals surface area contributed by atoms with Crippen LogP contribution in [0, 0.1) is 12.8 Å². The molecular formula is C12H21N3. The summed E-state index contributed by atoms with van der Waals surface area (Å²) in [5, 5.41) is 0. The van der Waals surface area contributed by atoms with E-state index in [1.807, 2.05) is 18.5 Å². The maximum atomic E-state index is 5.58. The Labute approximate surface area is 92.1 Å². The largest absolute Gasteiger partial charge is 0.271 e. The molecule has 1 aromatic rings. The minimum Gasteiger partial charge on any atom is -0.271 e. The van der Waals surface area contributed by atoms with Gasteiger partial charge >= 0.3 is 0 Å². The fourth-order valence-corrected chi connectivity index (χ4v) is 1.67. The molecule has 0 aliphatic heterocycles.